The summed E-state index contributed by atoms with van der Waals surface area (Å²) in [5.74, 6) is 1.36. The molecule has 0 fully saturated rings. The molecule has 8 nitrogen and oxygen atoms in total. The Morgan fingerprint density at radius 3 is 2.79 bits per heavy atom. The molecule has 0 aliphatic heterocycles. The van der Waals surface area contributed by atoms with E-state index in [0.717, 1.165) is 28.1 Å². The third kappa shape index (κ3) is 3.25. The molecule has 1 unspecified atom stereocenters. The Hall–Kier alpha value is -3.17. The summed E-state index contributed by atoms with van der Waals surface area (Å²) < 4.78 is 20.5. The maximum atomic E-state index is 12.2. The summed E-state index contributed by atoms with van der Waals surface area (Å²) in [6.07, 6.45) is 4.98. The van der Waals surface area contributed by atoms with Crippen LogP contribution < -0.4 is 14.9 Å². The van der Waals surface area contributed by atoms with Gasteiger partial charge in [0.15, 0.2) is 0 Å². The summed E-state index contributed by atoms with van der Waals surface area (Å²) in [5, 5.41) is 4.21. The normalized spacial score (nSPS) is 12.2. The third-order valence-electron chi connectivity index (χ3n) is 4.36. The van der Waals surface area contributed by atoms with Crippen LogP contribution in [0, 0.1) is 0 Å². The zero-order chi connectivity index (χ0) is 19.7. The maximum absolute atomic E-state index is 12.2. The molecule has 3 N–H and O–H groups in total. The second-order valence-corrected chi connectivity index (χ2v) is 7.71. The molecule has 144 valence electrons. The molecule has 9 heteroatoms. The van der Waals surface area contributed by atoms with Crippen molar-refractivity contribution < 1.29 is 8.63 Å². The van der Waals surface area contributed by atoms with Crippen LogP contribution in [0.5, 0.6) is 0 Å². The van der Waals surface area contributed by atoms with E-state index >= 15 is 0 Å². The van der Waals surface area contributed by atoms with E-state index in [9.17, 15) is 4.21 Å². The average molecular weight is 396 g/mol. The SMILES string of the molecule is CNS(=O)c1ccc(N(C)C)c(Nc2ncnc3[nH]cc(-c4ccco4)c23)c1. The number of hydrogen-bond donors (Lipinski definition) is 3. The van der Waals surface area contributed by atoms with Gasteiger partial charge in [-0.15, -0.1) is 0 Å². The predicted octanol–water partition coefficient (Wildman–Crippen LogP) is 3.27. The van der Waals surface area contributed by atoms with Gasteiger partial charge in [0, 0.05) is 25.9 Å². The average Bonchev–Trinajstić information content (AvgIpc) is 3.37. The largest absolute Gasteiger partial charge is 0.464 e. The van der Waals surface area contributed by atoms with Crippen molar-refractivity contribution in [1.82, 2.24) is 19.7 Å². The number of benzene rings is 1. The van der Waals surface area contributed by atoms with E-state index in [2.05, 4.69) is 25.0 Å². The fraction of sp³-hybridized carbons (Fsp3) is 0.158. The molecular formula is C19H20N6O2S. The Morgan fingerprint density at radius 2 is 2.07 bits per heavy atom. The van der Waals surface area contributed by atoms with Gasteiger partial charge >= 0.3 is 0 Å². The molecule has 0 radical (unpaired) electrons. The van der Waals surface area contributed by atoms with Gasteiger partial charge in [0.2, 0.25) is 0 Å². The molecule has 3 heterocycles. The first-order chi connectivity index (χ1) is 13.6. The second kappa shape index (κ2) is 7.45. The molecule has 4 aromatic rings. The number of hydrogen-bond acceptors (Lipinski definition) is 6. The number of H-pyrrole nitrogens is 1. The lowest BCUT2D eigenvalue weighted by Crippen LogP contribution is -2.14. The van der Waals surface area contributed by atoms with Crippen molar-refractivity contribution in [2.24, 2.45) is 0 Å². The van der Waals surface area contributed by atoms with Gasteiger partial charge in [0.25, 0.3) is 0 Å². The molecule has 0 saturated carbocycles. The van der Waals surface area contributed by atoms with E-state index in [-0.39, 0.29) is 0 Å². The van der Waals surface area contributed by atoms with E-state index in [1.54, 1.807) is 13.3 Å². The van der Waals surface area contributed by atoms with Gasteiger partial charge in [-0.1, -0.05) is 0 Å². The number of furan rings is 1. The Labute approximate surface area is 164 Å². The van der Waals surface area contributed by atoms with Gasteiger partial charge in [-0.25, -0.2) is 18.9 Å². The Balaban J connectivity index is 1.84. The molecule has 28 heavy (non-hydrogen) atoms. The number of fused-ring (bicyclic) bond motifs is 1. The van der Waals surface area contributed by atoms with E-state index in [1.807, 2.05) is 55.5 Å². The lowest BCUT2D eigenvalue weighted by molar-refractivity contribution is 0.583. The summed E-state index contributed by atoms with van der Waals surface area (Å²) in [6.45, 7) is 0. The van der Waals surface area contributed by atoms with Gasteiger partial charge in [-0.3, -0.25) is 0 Å². The lowest BCUT2D eigenvalue weighted by Gasteiger charge is -2.19. The van der Waals surface area contributed by atoms with Crippen LogP contribution in [0.4, 0.5) is 17.2 Å². The Kier molecular flexibility index (Phi) is 4.84. The second-order valence-electron chi connectivity index (χ2n) is 6.30. The molecular weight excluding hydrogens is 376 g/mol. The van der Waals surface area contributed by atoms with Crippen LogP contribution in [0.1, 0.15) is 0 Å². The molecule has 0 saturated heterocycles. The highest BCUT2D eigenvalue weighted by molar-refractivity contribution is 7.83. The minimum absolute atomic E-state index is 0.633. The number of nitrogens with one attached hydrogen (secondary N) is 3. The van der Waals surface area contributed by atoms with Crippen molar-refractivity contribution in [3.8, 4) is 11.3 Å². The predicted molar refractivity (Wildman–Crippen MR) is 111 cm³/mol. The first-order valence-corrected chi connectivity index (χ1v) is 9.77. The molecule has 3 aromatic heterocycles. The van der Waals surface area contributed by atoms with Crippen LogP contribution >= 0.6 is 0 Å². The third-order valence-corrected chi connectivity index (χ3v) is 5.41. The topological polar surface area (TPSA) is 99.1 Å². The fourth-order valence-corrected chi connectivity index (χ4v) is 3.70. The Bertz CT molecular complexity index is 1140. The highest BCUT2D eigenvalue weighted by Gasteiger charge is 2.17. The van der Waals surface area contributed by atoms with Crippen LogP contribution in [-0.2, 0) is 11.0 Å². The summed E-state index contributed by atoms with van der Waals surface area (Å²) in [5.41, 5.74) is 3.30. The van der Waals surface area contributed by atoms with Crippen LogP contribution in [-0.4, -0.2) is 40.3 Å². The zero-order valence-electron chi connectivity index (χ0n) is 15.7. The molecule has 1 aromatic carbocycles. The summed E-state index contributed by atoms with van der Waals surface area (Å²) in [7, 11) is 4.28. The molecule has 0 bridgehead atoms. The van der Waals surface area contributed by atoms with Crippen LogP contribution in [0.25, 0.3) is 22.4 Å². The van der Waals surface area contributed by atoms with Crippen LogP contribution in [0.3, 0.4) is 0 Å². The minimum Gasteiger partial charge on any atom is -0.464 e. The van der Waals surface area contributed by atoms with E-state index in [4.69, 9.17) is 4.42 Å². The van der Waals surface area contributed by atoms with Gasteiger partial charge in [0.1, 0.15) is 34.5 Å². The first-order valence-electron chi connectivity index (χ1n) is 8.62. The zero-order valence-corrected chi connectivity index (χ0v) is 16.5. The number of aromatic nitrogens is 3. The standard InChI is InChI=1S/C19H20N6O2S/c1-20-28(26)12-6-7-15(25(2)3)14(9-12)24-19-17-13(16-5-4-8-27-16)10-21-18(17)22-11-23-19/h4-11,20H,1-3H3,(H2,21,22,23,24). The van der Waals surface area contributed by atoms with Gasteiger partial charge in [0.05, 0.1) is 27.9 Å². The van der Waals surface area contributed by atoms with Gasteiger partial charge in [-0.05, 0) is 37.4 Å². The van der Waals surface area contributed by atoms with Crippen LogP contribution in [0.15, 0.2) is 58.4 Å². The number of anilines is 3. The quantitative estimate of drug-likeness (QED) is 0.463. The maximum Gasteiger partial charge on any atom is 0.144 e. The highest BCUT2D eigenvalue weighted by atomic mass is 32.2. The van der Waals surface area contributed by atoms with Crippen molar-refractivity contribution >= 4 is 39.2 Å². The number of nitrogens with zero attached hydrogens (tertiary/aromatic N) is 3. The van der Waals surface area contributed by atoms with Gasteiger partial charge in [-0.2, -0.15) is 0 Å². The Morgan fingerprint density at radius 1 is 1.21 bits per heavy atom. The van der Waals surface area contributed by atoms with E-state index in [0.29, 0.717) is 16.4 Å². The van der Waals surface area contributed by atoms with Crippen molar-refractivity contribution in [3.05, 3.63) is 49.1 Å². The van der Waals surface area contributed by atoms with Crippen LogP contribution in [0.2, 0.25) is 0 Å². The molecule has 0 spiro atoms. The molecule has 0 amide bonds. The van der Waals surface area contributed by atoms with Crippen molar-refractivity contribution in [2.75, 3.05) is 31.4 Å². The van der Waals surface area contributed by atoms with E-state index in [1.165, 1.54) is 6.33 Å². The lowest BCUT2D eigenvalue weighted by atomic mass is 10.1. The van der Waals surface area contributed by atoms with Gasteiger partial charge < -0.3 is 19.6 Å². The number of rotatable bonds is 6. The summed E-state index contributed by atoms with van der Waals surface area (Å²) in [4.78, 5) is 14.6. The summed E-state index contributed by atoms with van der Waals surface area (Å²) >= 11 is 0. The number of aromatic amines is 1. The van der Waals surface area contributed by atoms with Crippen molar-refractivity contribution in [1.29, 1.82) is 0 Å². The highest BCUT2D eigenvalue weighted by Crippen LogP contribution is 2.36. The van der Waals surface area contributed by atoms with Crippen molar-refractivity contribution in [3.63, 3.8) is 0 Å². The molecule has 0 aliphatic rings. The molecule has 1 atom stereocenters. The van der Waals surface area contributed by atoms with Crippen molar-refractivity contribution in [2.45, 2.75) is 4.90 Å². The molecule has 0 aliphatic carbocycles. The molecule has 4 rings (SSSR count). The summed E-state index contributed by atoms with van der Waals surface area (Å²) in [6, 6.07) is 9.35. The van der Waals surface area contributed by atoms with E-state index < -0.39 is 11.0 Å². The smallest absolute Gasteiger partial charge is 0.144 e. The first kappa shape index (κ1) is 18.2. The fourth-order valence-electron chi connectivity index (χ4n) is 3.05. The monoisotopic (exact) mass is 396 g/mol. The minimum atomic E-state index is -1.29.